The van der Waals surface area contributed by atoms with E-state index in [9.17, 15) is 23.3 Å². The van der Waals surface area contributed by atoms with Crippen LogP contribution in [0.1, 0.15) is 5.56 Å². The van der Waals surface area contributed by atoms with Crippen molar-refractivity contribution in [1.29, 1.82) is 0 Å². The highest BCUT2D eigenvalue weighted by atomic mass is 19.4. The van der Waals surface area contributed by atoms with Crippen molar-refractivity contribution in [3.63, 3.8) is 0 Å². The van der Waals surface area contributed by atoms with Crippen LogP contribution in [0.4, 0.5) is 24.5 Å². The molecule has 0 aromatic heterocycles. The number of benzene rings is 2. The van der Waals surface area contributed by atoms with Crippen LogP contribution in [-0.4, -0.2) is 4.92 Å². The lowest BCUT2D eigenvalue weighted by molar-refractivity contribution is -0.383. The summed E-state index contributed by atoms with van der Waals surface area (Å²) in [4.78, 5) is 9.96. The predicted octanol–water partition coefficient (Wildman–Crippen LogP) is 3.99. The molecule has 0 aliphatic heterocycles. The molecular formula is C13H9F3N2O3. The van der Waals surface area contributed by atoms with E-state index >= 15 is 0 Å². The number of alkyl halides is 3. The van der Waals surface area contributed by atoms with Crippen molar-refractivity contribution in [2.24, 2.45) is 0 Å². The van der Waals surface area contributed by atoms with Gasteiger partial charge in [0.15, 0.2) is 0 Å². The Morgan fingerprint density at radius 3 is 2.10 bits per heavy atom. The second-order valence-electron chi connectivity index (χ2n) is 4.10. The maximum atomic E-state index is 12.4. The molecule has 0 heterocycles. The molecule has 21 heavy (non-hydrogen) atoms. The third kappa shape index (κ3) is 3.41. The highest BCUT2D eigenvalue weighted by molar-refractivity contribution is 5.61. The lowest BCUT2D eigenvalue weighted by atomic mass is 10.2. The molecule has 5 nitrogen and oxygen atoms in total. The van der Waals surface area contributed by atoms with E-state index in [0.717, 1.165) is 30.3 Å². The molecule has 0 saturated carbocycles. The second kappa shape index (κ2) is 5.31. The predicted molar refractivity (Wildman–Crippen MR) is 69.0 cm³/mol. The van der Waals surface area contributed by atoms with Crippen LogP contribution in [-0.2, 0) is 6.18 Å². The summed E-state index contributed by atoms with van der Waals surface area (Å²) < 4.78 is 42.5. The minimum absolute atomic E-state index is 0.0931. The Hall–Kier alpha value is -2.77. The van der Waals surface area contributed by atoms with E-state index in [1.54, 1.807) is 0 Å². The van der Waals surface area contributed by atoms with Gasteiger partial charge in [0.2, 0.25) is 0 Å². The number of nitro benzene ring substituents is 1. The molecule has 2 aromatic rings. The van der Waals surface area contributed by atoms with Crippen molar-refractivity contribution in [3.05, 3.63) is 58.1 Å². The molecule has 0 bridgehead atoms. The van der Waals surface area contributed by atoms with E-state index in [4.69, 9.17) is 10.5 Å². The van der Waals surface area contributed by atoms with Crippen LogP contribution in [0.5, 0.6) is 11.5 Å². The number of halogens is 3. The van der Waals surface area contributed by atoms with Crippen molar-refractivity contribution in [1.82, 2.24) is 0 Å². The van der Waals surface area contributed by atoms with Crippen LogP contribution in [0.3, 0.4) is 0 Å². The number of nitrogens with zero attached hydrogens (tertiary/aromatic N) is 1. The first kappa shape index (κ1) is 14.6. The van der Waals surface area contributed by atoms with Crippen molar-refractivity contribution < 1.29 is 22.8 Å². The van der Waals surface area contributed by atoms with Gasteiger partial charge >= 0.3 is 6.18 Å². The van der Waals surface area contributed by atoms with Crippen molar-refractivity contribution in [3.8, 4) is 11.5 Å². The van der Waals surface area contributed by atoms with Gasteiger partial charge in [-0.25, -0.2) is 0 Å². The number of ether oxygens (including phenoxy) is 1. The molecule has 0 saturated heterocycles. The van der Waals surface area contributed by atoms with Gasteiger partial charge in [0, 0.05) is 12.1 Å². The van der Waals surface area contributed by atoms with Gasteiger partial charge in [0.25, 0.3) is 5.69 Å². The molecule has 2 aromatic carbocycles. The van der Waals surface area contributed by atoms with Gasteiger partial charge in [-0.2, -0.15) is 13.2 Å². The Morgan fingerprint density at radius 2 is 1.62 bits per heavy atom. The number of hydrogen-bond donors (Lipinski definition) is 1. The number of nitrogen functional groups attached to an aromatic ring is 1. The molecule has 110 valence electrons. The zero-order valence-corrected chi connectivity index (χ0v) is 10.4. The minimum atomic E-state index is -4.42. The highest BCUT2D eigenvalue weighted by Gasteiger charge is 2.30. The Bertz CT molecular complexity index is 669. The van der Waals surface area contributed by atoms with Crippen molar-refractivity contribution in [2.75, 3.05) is 5.73 Å². The summed E-state index contributed by atoms with van der Waals surface area (Å²) in [5.41, 5.74) is 4.33. The summed E-state index contributed by atoms with van der Waals surface area (Å²) in [6.45, 7) is 0. The summed E-state index contributed by atoms with van der Waals surface area (Å²) in [7, 11) is 0. The third-order valence-electron chi connectivity index (χ3n) is 2.61. The Morgan fingerprint density at radius 1 is 1.05 bits per heavy atom. The molecule has 0 aliphatic carbocycles. The first-order valence-corrected chi connectivity index (χ1v) is 5.66. The maximum Gasteiger partial charge on any atom is 0.416 e. The lowest BCUT2D eigenvalue weighted by Gasteiger charge is -2.09. The fraction of sp³-hybridized carbons (Fsp3) is 0.0769. The number of rotatable bonds is 3. The molecule has 0 spiro atoms. The monoisotopic (exact) mass is 298 g/mol. The van der Waals surface area contributed by atoms with E-state index in [1.807, 2.05) is 0 Å². The normalized spacial score (nSPS) is 11.2. The number of anilines is 1. The second-order valence-corrected chi connectivity index (χ2v) is 4.10. The van der Waals surface area contributed by atoms with Crippen LogP contribution in [0.15, 0.2) is 42.5 Å². The zero-order valence-electron chi connectivity index (χ0n) is 10.4. The van der Waals surface area contributed by atoms with Crippen LogP contribution >= 0.6 is 0 Å². The Kier molecular flexibility index (Phi) is 3.70. The fourth-order valence-corrected chi connectivity index (χ4v) is 1.61. The Balaban J connectivity index is 2.19. The fourth-order valence-electron chi connectivity index (χ4n) is 1.61. The van der Waals surface area contributed by atoms with Gasteiger partial charge in [-0.15, -0.1) is 0 Å². The van der Waals surface area contributed by atoms with E-state index in [-0.39, 0.29) is 22.9 Å². The molecule has 0 aliphatic rings. The molecule has 2 rings (SSSR count). The number of hydrogen-bond acceptors (Lipinski definition) is 4. The standard InChI is InChI=1S/C13H9F3N2O3/c14-13(15,16)8-1-3-9(4-2-8)21-10-5-6-12(18(19)20)11(17)7-10/h1-7H,17H2. The van der Waals surface area contributed by atoms with Crippen LogP contribution in [0.25, 0.3) is 0 Å². The molecule has 0 unspecified atom stereocenters. The van der Waals surface area contributed by atoms with Crippen LogP contribution in [0, 0.1) is 10.1 Å². The van der Waals surface area contributed by atoms with Gasteiger partial charge in [0.05, 0.1) is 10.5 Å². The zero-order chi connectivity index (χ0) is 15.6. The molecule has 0 amide bonds. The lowest BCUT2D eigenvalue weighted by Crippen LogP contribution is -2.04. The molecular weight excluding hydrogens is 289 g/mol. The van der Waals surface area contributed by atoms with E-state index in [2.05, 4.69) is 0 Å². The van der Waals surface area contributed by atoms with E-state index in [1.165, 1.54) is 12.1 Å². The minimum Gasteiger partial charge on any atom is -0.457 e. The van der Waals surface area contributed by atoms with Gasteiger partial charge in [-0.1, -0.05) is 0 Å². The topological polar surface area (TPSA) is 78.4 Å². The summed E-state index contributed by atoms with van der Waals surface area (Å²) in [5, 5.41) is 10.6. The Labute approximate surface area is 116 Å². The van der Waals surface area contributed by atoms with Crippen molar-refractivity contribution in [2.45, 2.75) is 6.18 Å². The van der Waals surface area contributed by atoms with Gasteiger partial charge in [-0.05, 0) is 30.3 Å². The summed E-state index contributed by atoms with van der Waals surface area (Å²) in [5.74, 6) is 0.356. The van der Waals surface area contributed by atoms with E-state index in [0.29, 0.717) is 0 Å². The molecule has 2 N–H and O–H groups in total. The smallest absolute Gasteiger partial charge is 0.416 e. The average molecular weight is 298 g/mol. The first-order chi connectivity index (χ1) is 9.77. The molecule has 0 fully saturated rings. The summed E-state index contributed by atoms with van der Waals surface area (Å²) >= 11 is 0. The molecule has 8 heteroatoms. The average Bonchev–Trinajstić information content (AvgIpc) is 2.38. The van der Waals surface area contributed by atoms with Gasteiger partial charge < -0.3 is 10.5 Å². The van der Waals surface area contributed by atoms with Crippen LogP contribution in [0.2, 0.25) is 0 Å². The summed E-state index contributed by atoms with van der Waals surface area (Å²) in [6.07, 6.45) is -4.42. The van der Waals surface area contributed by atoms with E-state index < -0.39 is 16.7 Å². The van der Waals surface area contributed by atoms with Crippen LogP contribution < -0.4 is 10.5 Å². The highest BCUT2D eigenvalue weighted by Crippen LogP contribution is 2.32. The maximum absolute atomic E-state index is 12.4. The van der Waals surface area contributed by atoms with Gasteiger partial charge in [-0.3, -0.25) is 10.1 Å². The molecule has 0 atom stereocenters. The van der Waals surface area contributed by atoms with Gasteiger partial charge in [0.1, 0.15) is 17.2 Å². The first-order valence-electron chi connectivity index (χ1n) is 5.66. The quantitative estimate of drug-likeness (QED) is 0.528. The number of nitro groups is 1. The summed E-state index contributed by atoms with van der Waals surface area (Å²) in [6, 6.07) is 7.77. The van der Waals surface area contributed by atoms with Crippen molar-refractivity contribution >= 4 is 11.4 Å². The number of nitrogens with two attached hydrogens (primary N) is 1. The largest absolute Gasteiger partial charge is 0.457 e. The SMILES string of the molecule is Nc1cc(Oc2ccc(C(F)(F)F)cc2)ccc1[N+](=O)[O-]. The third-order valence-corrected chi connectivity index (χ3v) is 2.61. The molecule has 0 radical (unpaired) electrons.